The predicted octanol–water partition coefficient (Wildman–Crippen LogP) is 5.71. The predicted molar refractivity (Wildman–Crippen MR) is 80.0 cm³/mol. The molecule has 0 bridgehead atoms. The molecule has 0 amide bonds. The fourth-order valence-corrected chi connectivity index (χ4v) is 3.74. The lowest BCUT2D eigenvalue weighted by Crippen LogP contribution is -2.17. The molecule has 2 rings (SSSR count). The van der Waals surface area contributed by atoms with Gasteiger partial charge in [0.1, 0.15) is 0 Å². The van der Waals surface area contributed by atoms with E-state index in [2.05, 4.69) is 38.1 Å². The van der Waals surface area contributed by atoms with Crippen molar-refractivity contribution in [1.82, 2.24) is 0 Å². The summed E-state index contributed by atoms with van der Waals surface area (Å²) in [5.41, 5.74) is 3.27. The van der Waals surface area contributed by atoms with Crippen LogP contribution >= 0.6 is 0 Å². The van der Waals surface area contributed by atoms with Crippen molar-refractivity contribution in [3.63, 3.8) is 0 Å². The van der Waals surface area contributed by atoms with Crippen LogP contribution in [0.25, 0.3) is 0 Å². The van der Waals surface area contributed by atoms with Crippen molar-refractivity contribution in [2.75, 3.05) is 0 Å². The quantitative estimate of drug-likeness (QED) is 0.622. The summed E-state index contributed by atoms with van der Waals surface area (Å²) in [4.78, 5) is 0. The van der Waals surface area contributed by atoms with Gasteiger partial charge < -0.3 is 0 Å². The Morgan fingerprint density at radius 3 is 2.44 bits per heavy atom. The highest BCUT2D eigenvalue weighted by Gasteiger charge is 2.24. The smallest absolute Gasteiger partial charge is 0.0134 e. The van der Waals surface area contributed by atoms with E-state index in [-0.39, 0.29) is 0 Å². The average Bonchev–Trinajstić information content (AvgIpc) is 2.43. The van der Waals surface area contributed by atoms with Crippen LogP contribution in [-0.4, -0.2) is 0 Å². The van der Waals surface area contributed by atoms with Gasteiger partial charge in [0.25, 0.3) is 0 Å². The minimum absolute atomic E-state index is 0.813. The van der Waals surface area contributed by atoms with Crippen LogP contribution < -0.4 is 0 Å². The molecule has 0 saturated heterocycles. The highest BCUT2D eigenvalue weighted by atomic mass is 14.3. The second-order valence-electron chi connectivity index (χ2n) is 5.86. The summed E-state index contributed by atoms with van der Waals surface area (Å²) in [6.45, 7) is 4.67. The molecule has 0 nitrogen and oxygen atoms in total. The maximum absolute atomic E-state index is 2.40. The molecule has 1 atom stereocenters. The van der Waals surface area contributed by atoms with Crippen molar-refractivity contribution >= 4 is 0 Å². The monoisotopic (exact) mass is 244 g/mol. The molecule has 0 N–H and O–H groups in total. The summed E-state index contributed by atoms with van der Waals surface area (Å²) >= 11 is 0. The second kappa shape index (κ2) is 6.97. The van der Waals surface area contributed by atoms with Gasteiger partial charge in [-0.15, -0.1) is 0 Å². The van der Waals surface area contributed by atoms with E-state index in [0.29, 0.717) is 0 Å². The molecule has 1 unspecified atom stereocenters. The number of aryl methyl sites for hydroxylation is 1. The Hall–Kier alpha value is -0.780. The molecule has 18 heavy (non-hydrogen) atoms. The molecular weight excluding hydrogens is 216 g/mol. The van der Waals surface area contributed by atoms with E-state index in [0.717, 1.165) is 11.8 Å². The number of benzene rings is 1. The summed E-state index contributed by atoms with van der Waals surface area (Å²) in [6.07, 6.45) is 11.1. The largest absolute Gasteiger partial charge is 0.0651 e. The average molecular weight is 244 g/mol. The second-order valence-corrected chi connectivity index (χ2v) is 5.86. The molecule has 1 aromatic carbocycles. The van der Waals surface area contributed by atoms with Crippen LogP contribution in [0.4, 0.5) is 0 Å². The van der Waals surface area contributed by atoms with Gasteiger partial charge in [-0.2, -0.15) is 0 Å². The van der Waals surface area contributed by atoms with Crippen molar-refractivity contribution in [2.45, 2.75) is 71.1 Å². The summed E-state index contributed by atoms with van der Waals surface area (Å²) in [7, 11) is 0. The molecule has 0 heterocycles. The zero-order valence-corrected chi connectivity index (χ0v) is 12.1. The van der Waals surface area contributed by atoms with Crippen LogP contribution in [0, 0.1) is 5.92 Å². The number of hydrogen-bond donors (Lipinski definition) is 0. The Balaban J connectivity index is 2.20. The van der Waals surface area contributed by atoms with Gasteiger partial charge in [0.05, 0.1) is 0 Å². The van der Waals surface area contributed by atoms with E-state index < -0.39 is 0 Å². The fourth-order valence-electron chi connectivity index (χ4n) is 3.74. The Kier molecular flexibility index (Phi) is 5.28. The number of hydrogen-bond acceptors (Lipinski definition) is 0. The molecule has 1 aliphatic carbocycles. The molecular formula is C18H28. The Morgan fingerprint density at radius 2 is 1.78 bits per heavy atom. The van der Waals surface area contributed by atoms with E-state index in [1.54, 1.807) is 11.1 Å². The van der Waals surface area contributed by atoms with Crippen LogP contribution in [-0.2, 0) is 6.42 Å². The van der Waals surface area contributed by atoms with Crippen LogP contribution in [0.5, 0.6) is 0 Å². The van der Waals surface area contributed by atoms with Gasteiger partial charge in [0.15, 0.2) is 0 Å². The van der Waals surface area contributed by atoms with Crippen LogP contribution in [0.2, 0.25) is 0 Å². The SMILES string of the molecule is CCCc1ccccc1C(CC)C1CCCCC1. The molecule has 1 saturated carbocycles. The molecule has 1 aromatic rings. The third-order valence-corrected chi connectivity index (χ3v) is 4.63. The van der Waals surface area contributed by atoms with E-state index in [9.17, 15) is 0 Å². The topological polar surface area (TPSA) is 0 Å². The molecule has 0 aliphatic heterocycles. The van der Waals surface area contributed by atoms with Crippen molar-refractivity contribution in [3.05, 3.63) is 35.4 Å². The lowest BCUT2D eigenvalue weighted by atomic mass is 9.74. The molecule has 1 fully saturated rings. The van der Waals surface area contributed by atoms with Crippen molar-refractivity contribution in [2.24, 2.45) is 5.92 Å². The third kappa shape index (κ3) is 3.16. The van der Waals surface area contributed by atoms with Gasteiger partial charge in [-0.3, -0.25) is 0 Å². The first-order chi connectivity index (χ1) is 8.86. The maximum atomic E-state index is 2.40. The van der Waals surface area contributed by atoms with Gasteiger partial charge in [0.2, 0.25) is 0 Å². The Labute approximate surface area is 113 Å². The highest BCUT2D eigenvalue weighted by molar-refractivity contribution is 5.31. The zero-order chi connectivity index (χ0) is 12.8. The molecule has 0 aromatic heterocycles. The summed E-state index contributed by atoms with van der Waals surface area (Å²) < 4.78 is 0. The van der Waals surface area contributed by atoms with Crippen LogP contribution in [0.15, 0.2) is 24.3 Å². The Morgan fingerprint density at radius 1 is 1.06 bits per heavy atom. The van der Waals surface area contributed by atoms with E-state index in [1.807, 2.05) is 0 Å². The van der Waals surface area contributed by atoms with Gasteiger partial charge in [-0.1, -0.05) is 63.8 Å². The number of rotatable bonds is 5. The van der Waals surface area contributed by atoms with Crippen molar-refractivity contribution in [3.8, 4) is 0 Å². The van der Waals surface area contributed by atoms with E-state index >= 15 is 0 Å². The van der Waals surface area contributed by atoms with Gasteiger partial charge in [-0.05, 0) is 48.6 Å². The Bertz CT molecular complexity index is 347. The lowest BCUT2D eigenvalue weighted by molar-refractivity contribution is 0.298. The summed E-state index contributed by atoms with van der Waals surface area (Å²) in [6, 6.07) is 9.19. The normalized spacial score (nSPS) is 18.8. The van der Waals surface area contributed by atoms with E-state index in [1.165, 1.54) is 51.4 Å². The molecule has 1 aliphatic rings. The van der Waals surface area contributed by atoms with Crippen LogP contribution in [0.1, 0.15) is 75.8 Å². The fraction of sp³-hybridized carbons (Fsp3) is 0.667. The third-order valence-electron chi connectivity index (χ3n) is 4.63. The molecule has 0 spiro atoms. The summed E-state index contributed by atoms with van der Waals surface area (Å²) in [5.74, 6) is 1.76. The van der Waals surface area contributed by atoms with Crippen LogP contribution in [0.3, 0.4) is 0 Å². The summed E-state index contributed by atoms with van der Waals surface area (Å²) in [5, 5.41) is 0. The standard InChI is InChI=1S/C18H28/c1-3-10-15-13-8-9-14-18(15)17(4-2)16-11-6-5-7-12-16/h8-9,13-14,16-17H,3-7,10-12H2,1-2H3. The van der Waals surface area contributed by atoms with Crippen molar-refractivity contribution < 1.29 is 0 Å². The van der Waals surface area contributed by atoms with Gasteiger partial charge in [-0.25, -0.2) is 0 Å². The molecule has 0 heteroatoms. The first-order valence-electron chi connectivity index (χ1n) is 7.94. The van der Waals surface area contributed by atoms with Gasteiger partial charge >= 0.3 is 0 Å². The van der Waals surface area contributed by atoms with Gasteiger partial charge in [0, 0.05) is 0 Å². The molecule has 0 radical (unpaired) electrons. The highest BCUT2D eigenvalue weighted by Crippen LogP contribution is 2.39. The molecule has 100 valence electrons. The lowest BCUT2D eigenvalue weighted by Gasteiger charge is -2.31. The van der Waals surface area contributed by atoms with E-state index in [4.69, 9.17) is 0 Å². The minimum Gasteiger partial charge on any atom is -0.0651 e. The first-order valence-corrected chi connectivity index (χ1v) is 7.94. The maximum Gasteiger partial charge on any atom is -0.0134 e. The minimum atomic E-state index is 0.813. The zero-order valence-electron chi connectivity index (χ0n) is 12.1. The first kappa shape index (κ1) is 13.6. The van der Waals surface area contributed by atoms with Crippen molar-refractivity contribution in [1.29, 1.82) is 0 Å².